The van der Waals surface area contributed by atoms with Crippen molar-refractivity contribution in [3.8, 4) is 23.6 Å². The summed E-state index contributed by atoms with van der Waals surface area (Å²) in [6.45, 7) is 4.00. The molecule has 0 heterocycles. The maximum Gasteiger partial charge on any atom is 0.145 e. The zero-order chi connectivity index (χ0) is 17.5. The molecule has 1 aliphatic carbocycles. The van der Waals surface area contributed by atoms with E-state index in [-0.39, 0.29) is 6.10 Å². The van der Waals surface area contributed by atoms with Crippen LogP contribution in [0.3, 0.4) is 0 Å². The molecule has 0 amide bonds. The highest BCUT2D eigenvalue weighted by molar-refractivity contribution is 5.52. The predicted molar refractivity (Wildman–Crippen MR) is 91.8 cm³/mol. The molecule has 122 valence electrons. The van der Waals surface area contributed by atoms with E-state index in [4.69, 9.17) is 14.7 Å². The summed E-state index contributed by atoms with van der Waals surface area (Å²) in [5.41, 5.74) is 3.08. The number of hydrogen-bond acceptors (Lipinski definition) is 4. The molecule has 2 aromatic rings. The quantitative estimate of drug-likeness (QED) is 0.808. The third-order valence-corrected chi connectivity index (χ3v) is 3.91. The lowest BCUT2D eigenvalue weighted by Gasteiger charge is -2.13. The minimum Gasteiger partial charge on any atom is -0.456 e. The molecule has 0 bridgehead atoms. The van der Waals surface area contributed by atoms with Crippen LogP contribution in [0.2, 0.25) is 0 Å². The van der Waals surface area contributed by atoms with Crippen LogP contribution < -0.4 is 4.74 Å². The Balaban J connectivity index is 0.00000100. The number of fused-ring (bicyclic) bond motifs is 1. The number of methoxy groups -OCH3 is 1. The maximum absolute atomic E-state index is 9.23. The third-order valence-electron chi connectivity index (χ3n) is 3.91. The minimum absolute atomic E-state index is 0.106. The number of hydrogen-bond donors (Lipinski definition) is 0. The molecule has 24 heavy (non-hydrogen) atoms. The molecule has 1 unspecified atom stereocenters. The van der Waals surface area contributed by atoms with Crippen molar-refractivity contribution in [2.24, 2.45) is 0 Å². The van der Waals surface area contributed by atoms with E-state index in [2.05, 4.69) is 6.07 Å². The van der Waals surface area contributed by atoms with Gasteiger partial charge < -0.3 is 9.47 Å². The lowest BCUT2D eigenvalue weighted by molar-refractivity contribution is 0.105. The van der Waals surface area contributed by atoms with Crippen LogP contribution in [0.5, 0.6) is 11.5 Å². The number of ether oxygens (including phenoxy) is 2. The van der Waals surface area contributed by atoms with Crippen molar-refractivity contribution in [3.63, 3.8) is 0 Å². The zero-order valence-corrected chi connectivity index (χ0v) is 14.2. The van der Waals surface area contributed by atoms with Crippen LogP contribution in [-0.2, 0) is 11.2 Å². The van der Waals surface area contributed by atoms with E-state index in [0.29, 0.717) is 16.9 Å². The lowest BCUT2D eigenvalue weighted by atomic mass is 10.1. The standard InChI is InChI=1S/C18H14N2O2.C2H6/c1-21-17-8-6-15-14(17)3-2-4-18(15)22-16-7-5-12(10-19)9-13(16)11-20;1-2/h2-5,7,9,17H,6,8H2,1H3;1-2H3. The van der Waals surface area contributed by atoms with E-state index >= 15 is 0 Å². The van der Waals surface area contributed by atoms with E-state index in [0.717, 1.165) is 29.7 Å². The van der Waals surface area contributed by atoms with Crippen LogP contribution in [-0.4, -0.2) is 7.11 Å². The van der Waals surface area contributed by atoms with E-state index in [1.807, 2.05) is 38.1 Å². The van der Waals surface area contributed by atoms with Gasteiger partial charge in [-0.2, -0.15) is 10.5 Å². The summed E-state index contributed by atoms with van der Waals surface area (Å²) >= 11 is 0. The lowest BCUT2D eigenvalue weighted by Crippen LogP contribution is -1.96. The summed E-state index contributed by atoms with van der Waals surface area (Å²) in [5.74, 6) is 1.22. The first-order valence-electron chi connectivity index (χ1n) is 8.03. The molecule has 2 aromatic carbocycles. The molecule has 4 heteroatoms. The van der Waals surface area contributed by atoms with Crippen molar-refractivity contribution < 1.29 is 9.47 Å². The molecule has 1 aliphatic rings. The zero-order valence-electron chi connectivity index (χ0n) is 14.2. The van der Waals surface area contributed by atoms with Crippen LogP contribution in [0.25, 0.3) is 0 Å². The Hall–Kier alpha value is -2.82. The average molecular weight is 320 g/mol. The van der Waals surface area contributed by atoms with Gasteiger partial charge in [0.1, 0.15) is 17.6 Å². The minimum atomic E-state index is 0.106. The monoisotopic (exact) mass is 320 g/mol. The van der Waals surface area contributed by atoms with Gasteiger partial charge in [-0.25, -0.2) is 0 Å². The van der Waals surface area contributed by atoms with Crippen molar-refractivity contribution in [1.82, 2.24) is 0 Å². The van der Waals surface area contributed by atoms with E-state index in [9.17, 15) is 5.26 Å². The van der Waals surface area contributed by atoms with Crippen LogP contribution >= 0.6 is 0 Å². The number of rotatable bonds is 3. The maximum atomic E-state index is 9.23. The van der Waals surface area contributed by atoms with Gasteiger partial charge in [0.25, 0.3) is 0 Å². The van der Waals surface area contributed by atoms with Crippen molar-refractivity contribution in [2.45, 2.75) is 32.8 Å². The molecule has 0 aromatic heterocycles. The fourth-order valence-electron chi connectivity index (χ4n) is 2.82. The van der Waals surface area contributed by atoms with Crippen molar-refractivity contribution in [1.29, 1.82) is 10.5 Å². The molecule has 0 N–H and O–H groups in total. The largest absolute Gasteiger partial charge is 0.456 e. The summed E-state index contributed by atoms with van der Waals surface area (Å²) in [6.07, 6.45) is 1.93. The summed E-state index contributed by atoms with van der Waals surface area (Å²) in [7, 11) is 1.71. The number of nitrogens with zero attached hydrogens (tertiary/aromatic N) is 2. The summed E-state index contributed by atoms with van der Waals surface area (Å²) in [6, 6.07) is 14.8. The molecule has 4 nitrogen and oxygen atoms in total. The van der Waals surface area contributed by atoms with Gasteiger partial charge in [-0.15, -0.1) is 0 Å². The van der Waals surface area contributed by atoms with Gasteiger partial charge in [-0.3, -0.25) is 0 Å². The van der Waals surface area contributed by atoms with Gasteiger partial charge in [-0.05, 0) is 42.7 Å². The molecule has 0 fully saturated rings. The van der Waals surface area contributed by atoms with Crippen LogP contribution in [0.1, 0.15) is 48.6 Å². The second kappa shape index (κ2) is 8.15. The molecule has 0 radical (unpaired) electrons. The average Bonchev–Trinajstić information content (AvgIpc) is 3.08. The molecular weight excluding hydrogens is 300 g/mol. The number of nitriles is 2. The van der Waals surface area contributed by atoms with Gasteiger partial charge in [0.05, 0.1) is 23.3 Å². The van der Waals surface area contributed by atoms with Gasteiger partial charge in [0.15, 0.2) is 0 Å². The van der Waals surface area contributed by atoms with E-state index in [1.54, 1.807) is 19.2 Å². The van der Waals surface area contributed by atoms with Crippen LogP contribution in [0.15, 0.2) is 36.4 Å². The van der Waals surface area contributed by atoms with Crippen LogP contribution in [0, 0.1) is 22.7 Å². The molecule has 0 spiro atoms. The Morgan fingerprint density at radius 3 is 2.50 bits per heavy atom. The topological polar surface area (TPSA) is 66.0 Å². The molecule has 0 saturated carbocycles. The molecule has 3 rings (SSSR count). The summed E-state index contributed by atoms with van der Waals surface area (Å²) < 4.78 is 11.4. The van der Waals surface area contributed by atoms with Gasteiger partial charge in [0.2, 0.25) is 0 Å². The normalized spacial score (nSPS) is 14.6. The number of benzene rings is 2. The van der Waals surface area contributed by atoms with Gasteiger partial charge >= 0.3 is 0 Å². The molecular formula is C20H20N2O2. The predicted octanol–water partition coefficient (Wildman–Crippen LogP) is 4.88. The Labute approximate surface area is 142 Å². The first kappa shape index (κ1) is 17.5. The first-order chi connectivity index (χ1) is 11.8. The Kier molecular flexibility index (Phi) is 5.95. The third kappa shape index (κ3) is 3.40. The highest BCUT2D eigenvalue weighted by atomic mass is 16.5. The van der Waals surface area contributed by atoms with Crippen molar-refractivity contribution >= 4 is 0 Å². The highest BCUT2D eigenvalue weighted by Gasteiger charge is 2.25. The highest BCUT2D eigenvalue weighted by Crippen LogP contribution is 2.40. The second-order valence-electron chi connectivity index (χ2n) is 5.12. The smallest absolute Gasteiger partial charge is 0.145 e. The second-order valence-corrected chi connectivity index (χ2v) is 5.12. The van der Waals surface area contributed by atoms with Gasteiger partial charge in [0, 0.05) is 12.7 Å². The Morgan fingerprint density at radius 1 is 1.04 bits per heavy atom. The first-order valence-corrected chi connectivity index (χ1v) is 8.03. The van der Waals surface area contributed by atoms with Crippen LogP contribution in [0.4, 0.5) is 0 Å². The fraction of sp³-hybridized carbons (Fsp3) is 0.300. The summed E-state index contributed by atoms with van der Waals surface area (Å²) in [5, 5.41) is 18.1. The van der Waals surface area contributed by atoms with E-state index in [1.165, 1.54) is 6.07 Å². The van der Waals surface area contributed by atoms with Crippen molar-refractivity contribution in [2.75, 3.05) is 7.11 Å². The van der Waals surface area contributed by atoms with Gasteiger partial charge in [-0.1, -0.05) is 26.0 Å². The molecule has 1 atom stereocenters. The SMILES string of the molecule is CC.COC1CCc2c(Oc3ccc(C#N)cc3C#N)cccc21. The van der Waals surface area contributed by atoms with Crippen molar-refractivity contribution in [3.05, 3.63) is 58.7 Å². The summed E-state index contributed by atoms with van der Waals surface area (Å²) in [4.78, 5) is 0. The molecule has 0 aliphatic heterocycles. The molecule has 0 saturated heterocycles. The Bertz CT molecular complexity index is 800. The van der Waals surface area contributed by atoms with E-state index < -0.39 is 0 Å². The fourth-order valence-corrected chi connectivity index (χ4v) is 2.82. The Morgan fingerprint density at radius 2 is 1.83 bits per heavy atom.